The van der Waals surface area contributed by atoms with E-state index in [0.29, 0.717) is 16.6 Å². The number of guanidine groups is 1. The standard InChI is InChI=1S/C20H25Cl2N5O/c1-23-20(25-12-18(28-2)14-5-3-6-15(21)11-14)26-16-8-10-27(13-16)19-17(22)7-4-9-24-19/h3-7,9,11,16,18H,8,10,12-13H2,1-2H3,(H2,23,25,26). The summed E-state index contributed by atoms with van der Waals surface area (Å²) in [5, 5.41) is 8.19. The number of anilines is 1. The first kappa shape index (κ1) is 20.7. The molecular formula is C20H25Cl2N5O. The number of pyridine rings is 1. The molecule has 0 saturated carbocycles. The lowest BCUT2D eigenvalue weighted by atomic mass is 10.1. The summed E-state index contributed by atoms with van der Waals surface area (Å²) in [7, 11) is 3.45. The van der Waals surface area contributed by atoms with Crippen LogP contribution in [0, 0.1) is 0 Å². The van der Waals surface area contributed by atoms with Gasteiger partial charge in [0.1, 0.15) is 5.82 Å². The van der Waals surface area contributed by atoms with E-state index in [9.17, 15) is 0 Å². The average molecular weight is 422 g/mol. The monoisotopic (exact) mass is 421 g/mol. The van der Waals surface area contributed by atoms with Crippen molar-refractivity contribution in [3.05, 3.63) is 58.2 Å². The Hall–Kier alpha value is -2.02. The number of aromatic nitrogens is 1. The number of rotatable bonds is 6. The molecule has 3 rings (SSSR count). The van der Waals surface area contributed by atoms with Gasteiger partial charge in [-0.15, -0.1) is 0 Å². The average Bonchev–Trinajstić information content (AvgIpc) is 3.16. The number of hydrogen-bond donors (Lipinski definition) is 2. The summed E-state index contributed by atoms with van der Waals surface area (Å²) in [6, 6.07) is 11.7. The zero-order valence-corrected chi connectivity index (χ0v) is 17.5. The lowest BCUT2D eigenvalue weighted by Crippen LogP contribution is -2.45. The summed E-state index contributed by atoms with van der Waals surface area (Å²) >= 11 is 12.4. The third-order valence-electron chi connectivity index (χ3n) is 4.75. The van der Waals surface area contributed by atoms with Crippen molar-refractivity contribution < 1.29 is 4.74 Å². The quantitative estimate of drug-likeness (QED) is 0.551. The van der Waals surface area contributed by atoms with Gasteiger partial charge >= 0.3 is 0 Å². The topological polar surface area (TPSA) is 61.8 Å². The van der Waals surface area contributed by atoms with Gasteiger partial charge in [-0.2, -0.15) is 0 Å². The van der Waals surface area contributed by atoms with Crippen molar-refractivity contribution in [2.24, 2.45) is 4.99 Å². The molecule has 0 aliphatic carbocycles. The molecule has 8 heteroatoms. The molecule has 2 aromatic rings. The SMILES string of the molecule is CN=C(NCC(OC)c1cccc(Cl)c1)NC1CCN(c2ncccc2Cl)C1. The van der Waals surface area contributed by atoms with Crippen LogP contribution >= 0.6 is 23.2 Å². The van der Waals surface area contributed by atoms with Crippen LogP contribution < -0.4 is 15.5 Å². The molecule has 2 heterocycles. The van der Waals surface area contributed by atoms with Crippen LogP contribution in [0.5, 0.6) is 0 Å². The van der Waals surface area contributed by atoms with Crippen molar-refractivity contribution in [1.29, 1.82) is 0 Å². The van der Waals surface area contributed by atoms with Crippen molar-refractivity contribution in [1.82, 2.24) is 15.6 Å². The molecule has 0 amide bonds. The minimum absolute atomic E-state index is 0.121. The molecule has 2 unspecified atom stereocenters. The van der Waals surface area contributed by atoms with E-state index in [0.717, 1.165) is 36.9 Å². The van der Waals surface area contributed by atoms with E-state index in [-0.39, 0.29) is 12.1 Å². The Balaban J connectivity index is 1.54. The Morgan fingerprint density at radius 1 is 1.36 bits per heavy atom. The number of aliphatic imine (C=N–C) groups is 1. The number of halogens is 2. The molecule has 1 aliphatic heterocycles. The highest BCUT2D eigenvalue weighted by Crippen LogP contribution is 2.25. The van der Waals surface area contributed by atoms with Crippen molar-refractivity contribution in [3.63, 3.8) is 0 Å². The first-order valence-corrected chi connectivity index (χ1v) is 9.97. The summed E-state index contributed by atoms with van der Waals surface area (Å²) < 4.78 is 5.61. The fourth-order valence-electron chi connectivity index (χ4n) is 3.30. The van der Waals surface area contributed by atoms with Gasteiger partial charge < -0.3 is 20.3 Å². The maximum atomic E-state index is 6.27. The molecule has 1 aliphatic rings. The maximum absolute atomic E-state index is 6.27. The van der Waals surface area contributed by atoms with Crippen LogP contribution in [-0.2, 0) is 4.74 Å². The number of methoxy groups -OCH3 is 1. The van der Waals surface area contributed by atoms with Gasteiger partial charge in [0.2, 0.25) is 0 Å². The highest BCUT2D eigenvalue weighted by atomic mass is 35.5. The van der Waals surface area contributed by atoms with Crippen LogP contribution in [0.15, 0.2) is 47.6 Å². The van der Waals surface area contributed by atoms with Gasteiger partial charge in [-0.1, -0.05) is 35.3 Å². The van der Waals surface area contributed by atoms with E-state index in [2.05, 4.69) is 25.5 Å². The lowest BCUT2D eigenvalue weighted by molar-refractivity contribution is 0.106. The second kappa shape index (κ2) is 9.96. The lowest BCUT2D eigenvalue weighted by Gasteiger charge is -2.22. The van der Waals surface area contributed by atoms with Crippen molar-refractivity contribution in [3.8, 4) is 0 Å². The van der Waals surface area contributed by atoms with Crippen molar-refractivity contribution in [2.75, 3.05) is 38.7 Å². The molecule has 1 aromatic heterocycles. The Kier molecular flexibility index (Phi) is 7.36. The molecule has 1 saturated heterocycles. The fraction of sp³-hybridized carbons (Fsp3) is 0.400. The second-order valence-corrected chi connectivity index (χ2v) is 7.46. The summed E-state index contributed by atoms with van der Waals surface area (Å²) in [5.74, 6) is 1.57. The smallest absolute Gasteiger partial charge is 0.191 e. The predicted molar refractivity (Wildman–Crippen MR) is 116 cm³/mol. The Bertz CT molecular complexity index is 817. The number of nitrogens with one attached hydrogen (secondary N) is 2. The number of nitrogens with zero attached hydrogens (tertiary/aromatic N) is 3. The van der Waals surface area contributed by atoms with Crippen LogP contribution in [0.25, 0.3) is 0 Å². The third kappa shape index (κ3) is 5.28. The first-order chi connectivity index (χ1) is 13.6. The molecule has 150 valence electrons. The van der Waals surface area contributed by atoms with E-state index >= 15 is 0 Å². The van der Waals surface area contributed by atoms with Crippen LogP contribution in [0.2, 0.25) is 10.0 Å². The molecule has 2 atom stereocenters. The summed E-state index contributed by atoms with van der Waals surface area (Å²) in [6.45, 7) is 2.30. The highest BCUT2D eigenvalue weighted by molar-refractivity contribution is 6.33. The largest absolute Gasteiger partial charge is 0.375 e. The van der Waals surface area contributed by atoms with Crippen molar-refractivity contribution >= 4 is 35.0 Å². The third-order valence-corrected chi connectivity index (χ3v) is 5.28. The normalized spacial score (nSPS) is 18.2. The number of benzene rings is 1. The van der Waals surface area contributed by atoms with Gasteiger partial charge in [0, 0.05) is 51.1 Å². The molecule has 0 radical (unpaired) electrons. The molecule has 6 nitrogen and oxygen atoms in total. The Labute approximate surface area is 175 Å². The van der Waals surface area contributed by atoms with Gasteiger partial charge in [0.25, 0.3) is 0 Å². The molecular weight excluding hydrogens is 397 g/mol. The minimum atomic E-state index is -0.121. The molecule has 1 fully saturated rings. The molecule has 2 N–H and O–H groups in total. The first-order valence-electron chi connectivity index (χ1n) is 9.21. The Morgan fingerprint density at radius 3 is 2.93 bits per heavy atom. The van der Waals surface area contributed by atoms with E-state index < -0.39 is 0 Å². The molecule has 0 bridgehead atoms. The summed E-state index contributed by atoms with van der Waals surface area (Å²) in [5.41, 5.74) is 1.02. The van der Waals surface area contributed by atoms with E-state index in [1.54, 1.807) is 20.4 Å². The van der Waals surface area contributed by atoms with Gasteiger partial charge in [-0.3, -0.25) is 4.99 Å². The number of hydrogen-bond acceptors (Lipinski definition) is 4. The predicted octanol–water partition coefficient (Wildman–Crippen LogP) is 3.52. The molecule has 1 aromatic carbocycles. The highest BCUT2D eigenvalue weighted by Gasteiger charge is 2.25. The van der Waals surface area contributed by atoms with Crippen LogP contribution in [-0.4, -0.2) is 50.8 Å². The van der Waals surface area contributed by atoms with Gasteiger partial charge in [0.15, 0.2) is 5.96 Å². The fourth-order valence-corrected chi connectivity index (χ4v) is 3.74. The van der Waals surface area contributed by atoms with Crippen molar-refractivity contribution in [2.45, 2.75) is 18.6 Å². The van der Waals surface area contributed by atoms with E-state index in [1.165, 1.54) is 0 Å². The molecule has 0 spiro atoms. The number of ether oxygens (including phenoxy) is 1. The maximum Gasteiger partial charge on any atom is 0.191 e. The zero-order valence-electron chi connectivity index (χ0n) is 16.0. The van der Waals surface area contributed by atoms with Gasteiger partial charge in [0.05, 0.1) is 11.1 Å². The van der Waals surface area contributed by atoms with Gasteiger partial charge in [-0.05, 0) is 36.2 Å². The van der Waals surface area contributed by atoms with E-state index in [4.69, 9.17) is 27.9 Å². The summed E-state index contributed by atoms with van der Waals surface area (Å²) in [4.78, 5) is 10.9. The zero-order chi connectivity index (χ0) is 19.9. The van der Waals surface area contributed by atoms with Gasteiger partial charge in [-0.25, -0.2) is 4.98 Å². The molecule has 28 heavy (non-hydrogen) atoms. The van der Waals surface area contributed by atoms with Crippen LogP contribution in [0.3, 0.4) is 0 Å². The summed E-state index contributed by atoms with van der Waals surface area (Å²) in [6.07, 6.45) is 2.63. The van der Waals surface area contributed by atoms with Crippen LogP contribution in [0.4, 0.5) is 5.82 Å². The minimum Gasteiger partial charge on any atom is -0.375 e. The Morgan fingerprint density at radius 2 is 2.21 bits per heavy atom. The van der Waals surface area contributed by atoms with E-state index in [1.807, 2.05) is 36.4 Å². The van der Waals surface area contributed by atoms with Crippen LogP contribution in [0.1, 0.15) is 18.1 Å². The second-order valence-electron chi connectivity index (χ2n) is 6.62.